The summed E-state index contributed by atoms with van der Waals surface area (Å²) >= 11 is 0. The second-order valence-corrected chi connectivity index (χ2v) is 2.21. The Hall–Kier alpha value is -0.630. The fraction of sp³-hybridized carbons (Fsp3) is 0.500. The van der Waals surface area contributed by atoms with Crippen molar-refractivity contribution >= 4 is 6.21 Å². The Labute approximate surface area is 48.6 Å². The molecule has 0 aromatic heterocycles. The van der Waals surface area contributed by atoms with Crippen molar-refractivity contribution in [3.05, 3.63) is 12.3 Å². The fourth-order valence-corrected chi connectivity index (χ4v) is 0.570. The predicted octanol–water partition coefficient (Wildman–Crippen LogP) is 0.726. The number of rotatable bonds is 0. The highest BCUT2D eigenvalue weighted by molar-refractivity contribution is 5.61. The third-order valence-electron chi connectivity index (χ3n) is 1.13. The summed E-state index contributed by atoms with van der Waals surface area (Å²) in [5, 5.41) is 9.20. The van der Waals surface area contributed by atoms with Crippen LogP contribution in [-0.2, 0) is 0 Å². The van der Waals surface area contributed by atoms with E-state index >= 15 is 0 Å². The first-order valence-electron chi connectivity index (χ1n) is 2.62. The van der Waals surface area contributed by atoms with Crippen LogP contribution in [0.4, 0.5) is 0 Å². The second-order valence-electron chi connectivity index (χ2n) is 2.21. The van der Waals surface area contributed by atoms with E-state index in [4.69, 9.17) is 0 Å². The molecule has 2 nitrogen and oxygen atoms in total. The van der Waals surface area contributed by atoms with Crippen molar-refractivity contribution in [3.63, 3.8) is 0 Å². The van der Waals surface area contributed by atoms with Gasteiger partial charge < -0.3 is 5.11 Å². The van der Waals surface area contributed by atoms with E-state index in [9.17, 15) is 5.11 Å². The molecular formula is C6H9NO. The van der Waals surface area contributed by atoms with Gasteiger partial charge in [-0.15, -0.1) is 0 Å². The number of nitrogens with zero attached hydrogens (tertiary/aromatic N) is 1. The van der Waals surface area contributed by atoms with Crippen molar-refractivity contribution in [2.24, 2.45) is 4.99 Å². The van der Waals surface area contributed by atoms with Crippen LogP contribution >= 0.6 is 0 Å². The van der Waals surface area contributed by atoms with E-state index in [1.807, 2.05) is 0 Å². The molecule has 2 heteroatoms. The molecule has 1 rings (SSSR count). The summed E-state index contributed by atoms with van der Waals surface area (Å²) in [5.74, 6) is 0. The van der Waals surface area contributed by atoms with Crippen molar-refractivity contribution < 1.29 is 5.11 Å². The lowest BCUT2D eigenvalue weighted by atomic mass is 10.0. The largest absolute Gasteiger partial charge is 0.386 e. The van der Waals surface area contributed by atoms with Gasteiger partial charge in [0.2, 0.25) is 0 Å². The summed E-state index contributed by atoms with van der Waals surface area (Å²) in [4.78, 5) is 3.81. The summed E-state index contributed by atoms with van der Waals surface area (Å²) in [6.45, 7) is 1.76. The molecule has 0 bridgehead atoms. The van der Waals surface area contributed by atoms with Crippen LogP contribution in [0.3, 0.4) is 0 Å². The first-order chi connectivity index (χ1) is 3.71. The Kier molecular flexibility index (Phi) is 1.18. The molecule has 0 fully saturated rings. The molecule has 0 aromatic carbocycles. The van der Waals surface area contributed by atoms with Gasteiger partial charge in [0.15, 0.2) is 0 Å². The van der Waals surface area contributed by atoms with E-state index in [1.165, 1.54) is 0 Å². The van der Waals surface area contributed by atoms with Gasteiger partial charge in [0.1, 0.15) is 0 Å². The topological polar surface area (TPSA) is 32.6 Å². The number of hydrogen-bond donors (Lipinski definition) is 1. The van der Waals surface area contributed by atoms with E-state index in [0.717, 1.165) is 0 Å². The highest BCUT2D eigenvalue weighted by Crippen LogP contribution is 2.11. The second kappa shape index (κ2) is 1.71. The fourth-order valence-electron chi connectivity index (χ4n) is 0.570. The Morgan fingerprint density at radius 1 is 1.75 bits per heavy atom. The molecule has 1 atom stereocenters. The summed E-state index contributed by atoms with van der Waals surface area (Å²) in [6, 6.07) is 0. The minimum absolute atomic E-state index is 0.628. The molecule has 0 spiro atoms. The maximum Gasteiger partial charge on any atom is 0.0866 e. The van der Waals surface area contributed by atoms with Gasteiger partial charge in [-0.2, -0.15) is 0 Å². The molecule has 0 aliphatic carbocycles. The molecule has 8 heavy (non-hydrogen) atoms. The summed E-state index contributed by atoms with van der Waals surface area (Å²) in [5.41, 5.74) is -0.651. The molecule has 0 saturated heterocycles. The molecule has 1 unspecified atom stereocenters. The Balaban J connectivity index is 2.65. The van der Waals surface area contributed by atoms with Crippen LogP contribution in [-0.4, -0.2) is 16.9 Å². The number of aliphatic imine (C=N–C) groups is 1. The summed E-state index contributed by atoms with van der Waals surface area (Å²) in [6.07, 6.45) is 5.64. The van der Waals surface area contributed by atoms with E-state index < -0.39 is 5.60 Å². The molecule has 0 radical (unpaired) electrons. The average Bonchev–Trinajstić information content (AvgIpc) is 1.65. The lowest BCUT2D eigenvalue weighted by Crippen LogP contribution is -2.22. The van der Waals surface area contributed by atoms with Gasteiger partial charge in [-0.25, -0.2) is 0 Å². The molecular weight excluding hydrogens is 102 g/mol. The zero-order valence-electron chi connectivity index (χ0n) is 4.83. The average molecular weight is 111 g/mol. The van der Waals surface area contributed by atoms with Gasteiger partial charge in [0.05, 0.1) is 5.60 Å². The smallest absolute Gasteiger partial charge is 0.0866 e. The van der Waals surface area contributed by atoms with Crippen molar-refractivity contribution in [2.45, 2.75) is 18.9 Å². The van der Waals surface area contributed by atoms with Crippen molar-refractivity contribution in [1.29, 1.82) is 0 Å². The maximum atomic E-state index is 9.20. The lowest BCUT2D eigenvalue weighted by Gasteiger charge is -2.17. The van der Waals surface area contributed by atoms with Gasteiger partial charge in [-0.05, 0) is 13.0 Å². The van der Waals surface area contributed by atoms with E-state index in [1.54, 1.807) is 25.4 Å². The van der Waals surface area contributed by atoms with Crippen LogP contribution in [0.5, 0.6) is 0 Å². The van der Waals surface area contributed by atoms with Crippen molar-refractivity contribution in [2.75, 3.05) is 0 Å². The van der Waals surface area contributed by atoms with Crippen molar-refractivity contribution in [1.82, 2.24) is 0 Å². The van der Waals surface area contributed by atoms with E-state index in [0.29, 0.717) is 6.42 Å². The van der Waals surface area contributed by atoms with E-state index in [-0.39, 0.29) is 0 Å². The number of hydrogen-bond acceptors (Lipinski definition) is 2. The predicted molar refractivity (Wildman–Crippen MR) is 32.9 cm³/mol. The van der Waals surface area contributed by atoms with E-state index in [2.05, 4.69) is 4.99 Å². The van der Waals surface area contributed by atoms with Gasteiger partial charge >= 0.3 is 0 Å². The Bertz CT molecular complexity index is 135. The standard InChI is InChI=1S/C6H9NO/c1-6(8)2-4-7-5-3-6/h2,4-5,8H,3H2,1H3. The first kappa shape index (κ1) is 5.51. The summed E-state index contributed by atoms with van der Waals surface area (Å²) < 4.78 is 0. The molecule has 0 amide bonds. The van der Waals surface area contributed by atoms with Crippen LogP contribution in [0.25, 0.3) is 0 Å². The maximum absolute atomic E-state index is 9.20. The first-order valence-corrected chi connectivity index (χ1v) is 2.62. The van der Waals surface area contributed by atoms with Gasteiger partial charge in [-0.1, -0.05) is 0 Å². The molecule has 1 heterocycles. The normalized spacial score (nSPS) is 35.8. The monoisotopic (exact) mass is 111 g/mol. The molecule has 1 aliphatic rings. The van der Waals surface area contributed by atoms with Crippen LogP contribution in [0.15, 0.2) is 17.3 Å². The SMILES string of the molecule is CC1(O)C=CN=CC1. The Morgan fingerprint density at radius 3 is 2.75 bits per heavy atom. The van der Waals surface area contributed by atoms with Gasteiger partial charge in [0.25, 0.3) is 0 Å². The molecule has 1 aliphatic heterocycles. The Morgan fingerprint density at radius 2 is 2.50 bits per heavy atom. The van der Waals surface area contributed by atoms with Gasteiger partial charge in [-0.3, -0.25) is 4.99 Å². The third-order valence-corrected chi connectivity index (χ3v) is 1.13. The van der Waals surface area contributed by atoms with Crippen molar-refractivity contribution in [3.8, 4) is 0 Å². The third kappa shape index (κ3) is 1.17. The summed E-state index contributed by atoms with van der Waals surface area (Å²) in [7, 11) is 0. The zero-order valence-corrected chi connectivity index (χ0v) is 4.83. The lowest BCUT2D eigenvalue weighted by molar-refractivity contribution is 0.120. The van der Waals surface area contributed by atoms with Crippen LogP contribution < -0.4 is 0 Å². The van der Waals surface area contributed by atoms with Crippen LogP contribution in [0.1, 0.15) is 13.3 Å². The van der Waals surface area contributed by atoms with Gasteiger partial charge in [0, 0.05) is 18.8 Å². The molecule has 1 N–H and O–H groups in total. The minimum Gasteiger partial charge on any atom is -0.386 e. The molecule has 0 saturated carbocycles. The minimum atomic E-state index is -0.651. The van der Waals surface area contributed by atoms with Crippen LogP contribution in [0.2, 0.25) is 0 Å². The molecule has 0 aromatic rings. The van der Waals surface area contributed by atoms with Crippen LogP contribution in [0, 0.1) is 0 Å². The zero-order chi connectivity index (χ0) is 6.04. The highest BCUT2D eigenvalue weighted by Gasteiger charge is 2.15. The molecule has 44 valence electrons. The quantitative estimate of drug-likeness (QED) is 0.491. The number of aliphatic hydroxyl groups is 1. The highest BCUT2D eigenvalue weighted by atomic mass is 16.3.